The second kappa shape index (κ2) is 7.01. The first-order valence-corrected chi connectivity index (χ1v) is 6.47. The fourth-order valence-electron chi connectivity index (χ4n) is 1.96. The zero-order valence-electron chi connectivity index (χ0n) is 11.1. The molecule has 0 atom stereocenters. The monoisotopic (exact) mass is 282 g/mol. The number of nitrogens with zero attached hydrogens (tertiary/aromatic N) is 3. The Bertz CT molecular complexity index is 468. The Morgan fingerprint density at radius 2 is 2.15 bits per heavy atom. The van der Waals surface area contributed by atoms with Crippen LogP contribution in [0, 0.1) is 0 Å². The molecule has 8 heteroatoms. The summed E-state index contributed by atoms with van der Waals surface area (Å²) in [5, 5.41) is 15.2. The Morgan fingerprint density at radius 3 is 2.85 bits per heavy atom. The van der Waals surface area contributed by atoms with E-state index in [0.29, 0.717) is 12.1 Å². The molecular formula is C12H18N4O4. The highest BCUT2D eigenvalue weighted by Gasteiger charge is 2.12. The molecule has 0 aromatic carbocycles. The summed E-state index contributed by atoms with van der Waals surface area (Å²) in [6.07, 6.45) is 2.80. The van der Waals surface area contributed by atoms with Gasteiger partial charge in [-0.15, -0.1) is 0 Å². The highest BCUT2D eigenvalue weighted by Crippen LogP contribution is 1.98. The number of carbonyl (C=O) groups excluding carboxylic acids is 1. The van der Waals surface area contributed by atoms with Crippen LogP contribution in [0.1, 0.15) is 10.4 Å². The Labute approximate surface area is 116 Å². The molecule has 0 spiro atoms. The number of rotatable bonds is 6. The first-order chi connectivity index (χ1) is 9.65. The van der Waals surface area contributed by atoms with E-state index in [-0.39, 0.29) is 12.5 Å². The molecule has 0 unspecified atom stereocenters. The maximum Gasteiger partial charge on any atom is 0.325 e. The average Bonchev–Trinajstić information content (AvgIpc) is 2.87. The van der Waals surface area contributed by atoms with Gasteiger partial charge in [0, 0.05) is 32.4 Å². The summed E-state index contributed by atoms with van der Waals surface area (Å²) in [6.45, 7) is 4.30. The fourth-order valence-corrected chi connectivity index (χ4v) is 1.96. The van der Waals surface area contributed by atoms with Gasteiger partial charge < -0.3 is 15.2 Å². The molecule has 1 aromatic rings. The lowest BCUT2D eigenvalue weighted by Crippen LogP contribution is -2.41. The minimum atomic E-state index is -0.993. The molecule has 2 rings (SSSR count). The molecule has 1 aromatic heterocycles. The van der Waals surface area contributed by atoms with Gasteiger partial charge in [-0.05, 0) is 0 Å². The van der Waals surface area contributed by atoms with Crippen molar-refractivity contribution in [3.05, 3.63) is 18.0 Å². The van der Waals surface area contributed by atoms with E-state index in [9.17, 15) is 9.59 Å². The molecule has 0 saturated carbocycles. The summed E-state index contributed by atoms with van der Waals surface area (Å²) in [5.74, 6) is -1.23. The van der Waals surface area contributed by atoms with Crippen molar-refractivity contribution in [3.8, 4) is 0 Å². The molecule has 1 saturated heterocycles. The Morgan fingerprint density at radius 1 is 1.40 bits per heavy atom. The van der Waals surface area contributed by atoms with E-state index in [0.717, 1.165) is 32.8 Å². The van der Waals surface area contributed by atoms with E-state index < -0.39 is 5.97 Å². The van der Waals surface area contributed by atoms with Gasteiger partial charge in [-0.2, -0.15) is 5.10 Å². The number of morpholine rings is 1. The van der Waals surface area contributed by atoms with Gasteiger partial charge in [0.2, 0.25) is 0 Å². The first-order valence-electron chi connectivity index (χ1n) is 6.47. The molecule has 20 heavy (non-hydrogen) atoms. The van der Waals surface area contributed by atoms with E-state index >= 15 is 0 Å². The minimum Gasteiger partial charge on any atom is -0.480 e. The summed E-state index contributed by atoms with van der Waals surface area (Å²) in [5.41, 5.74) is 0.369. The number of amides is 1. The maximum atomic E-state index is 11.8. The number of carbonyl (C=O) groups is 2. The zero-order valence-corrected chi connectivity index (χ0v) is 11.1. The van der Waals surface area contributed by atoms with Gasteiger partial charge in [-0.1, -0.05) is 0 Å². The third kappa shape index (κ3) is 4.32. The van der Waals surface area contributed by atoms with Crippen LogP contribution >= 0.6 is 0 Å². The van der Waals surface area contributed by atoms with Gasteiger partial charge in [-0.3, -0.25) is 19.2 Å². The van der Waals surface area contributed by atoms with Crippen LogP contribution in [-0.4, -0.2) is 71.1 Å². The number of aromatic nitrogens is 2. The lowest BCUT2D eigenvalue weighted by Gasteiger charge is -2.26. The van der Waals surface area contributed by atoms with Crippen molar-refractivity contribution in [3.63, 3.8) is 0 Å². The van der Waals surface area contributed by atoms with Crippen LogP contribution in [0.4, 0.5) is 0 Å². The average molecular weight is 282 g/mol. The van der Waals surface area contributed by atoms with Crippen LogP contribution < -0.4 is 5.32 Å². The van der Waals surface area contributed by atoms with Crippen LogP contribution in [-0.2, 0) is 16.1 Å². The maximum absolute atomic E-state index is 11.8. The standard InChI is InChI=1S/C12H18N4O4/c17-11(18)9-16-8-10(7-14-16)12(19)13-1-2-15-3-5-20-6-4-15/h7-8H,1-6,9H2,(H,13,19)(H,17,18). The predicted molar refractivity (Wildman–Crippen MR) is 69.5 cm³/mol. The molecular weight excluding hydrogens is 264 g/mol. The van der Waals surface area contributed by atoms with Gasteiger partial charge in [0.1, 0.15) is 6.54 Å². The summed E-state index contributed by atoms with van der Waals surface area (Å²) in [7, 11) is 0. The number of hydrogen-bond acceptors (Lipinski definition) is 5. The van der Waals surface area contributed by atoms with Crippen LogP contribution in [0.15, 0.2) is 12.4 Å². The van der Waals surface area contributed by atoms with Crippen molar-refractivity contribution in [1.82, 2.24) is 20.0 Å². The highest BCUT2D eigenvalue weighted by atomic mass is 16.5. The molecule has 0 aliphatic carbocycles. The van der Waals surface area contributed by atoms with Crippen LogP contribution in [0.2, 0.25) is 0 Å². The van der Waals surface area contributed by atoms with Crippen LogP contribution in [0.25, 0.3) is 0 Å². The number of ether oxygens (including phenoxy) is 1. The SMILES string of the molecule is O=C(O)Cn1cc(C(=O)NCCN2CCOCC2)cn1. The van der Waals surface area contributed by atoms with E-state index in [4.69, 9.17) is 9.84 Å². The highest BCUT2D eigenvalue weighted by molar-refractivity contribution is 5.93. The van der Waals surface area contributed by atoms with Crippen LogP contribution in [0.5, 0.6) is 0 Å². The van der Waals surface area contributed by atoms with Crippen molar-refractivity contribution in [2.45, 2.75) is 6.54 Å². The normalized spacial score (nSPS) is 16.0. The Hall–Kier alpha value is -1.93. The lowest BCUT2D eigenvalue weighted by atomic mass is 10.3. The molecule has 1 aliphatic rings. The van der Waals surface area contributed by atoms with E-state index in [1.54, 1.807) is 0 Å². The van der Waals surface area contributed by atoms with Crippen molar-refractivity contribution in [2.24, 2.45) is 0 Å². The van der Waals surface area contributed by atoms with Gasteiger partial charge in [-0.25, -0.2) is 0 Å². The first kappa shape index (κ1) is 14.5. The smallest absolute Gasteiger partial charge is 0.325 e. The number of carboxylic acid groups (broad SMARTS) is 1. The van der Waals surface area contributed by atoms with Gasteiger partial charge in [0.15, 0.2) is 0 Å². The van der Waals surface area contributed by atoms with E-state index in [2.05, 4.69) is 15.3 Å². The van der Waals surface area contributed by atoms with E-state index in [1.165, 1.54) is 17.1 Å². The number of nitrogens with one attached hydrogen (secondary N) is 1. The quantitative estimate of drug-likeness (QED) is 0.697. The molecule has 1 aliphatic heterocycles. The van der Waals surface area contributed by atoms with Gasteiger partial charge in [0.05, 0.1) is 25.0 Å². The van der Waals surface area contributed by atoms with Crippen molar-refractivity contribution in [1.29, 1.82) is 0 Å². The molecule has 1 amide bonds. The second-order valence-corrected chi connectivity index (χ2v) is 4.53. The van der Waals surface area contributed by atoms with E-state index in [1.807, 2.05) is 0 Å². The number of aliphatic carboxylic acids is 1. The largest absolute Gasteiger partial charge is 0.480 e. The van der Waals surface area contributed by atoms with Crippen molar-refractivity contribution < 1.29 is 19.4 Å². The summed E-state index contributed by atoms with van der Waals surface area (Å²) < 4.78 is 6.46. The number of hydrogen-bond donors (Lipinski definition) is 2. The summed E-state index contributed by atoms with van der Waals surface area (Å²) in [4.78, 5) is 24.6. The lowest BCUT2D eigenvalue weighted by molar-refractivity contribution is -0.137. The summed E-state index contributed by atoms with van der Waals surface area (Å²) >= 11 is 0. The molecule has 110 valence electrons. The van der Waals surface area contributed by atoms with Crippen LogP contribution in [0.3, 0.4) is 0 Å². The number of carboxylic acids is 1. The predicted octanol–water partition coefficient (Wildman–Crippen LogP) is -0.970. The summed E-state index contributed by atoms with van der Waals surface area (Å²) in [6, 6.07) is 0. The van der Waals surface area contributed by atoms with Gasteiger partial charge >= 0.3 is 5.97 Å². The van der Waals surface area contributed by atoms with Crippen molar-refractivity contribution in [2.75, 3.05) is 39.4 Å². The van der Waals surface area contributed by atoms with Gasteiger partial charge in [0.25, 0.3) is 5.91 Å². The molecule has 8 nitrogen and oxygen atoms in total. The topological polar surface area (TPSA) is 96.7 Å². The molecule has 2 N–H and O–H groups in total. The third-order valence-corrected chi connectivity index (χ3v) is 3.01. The molecule has 0 radical (unpaired) electrons. The molecule has 1 fully saturated rings. The fraction of sp³-hybridized carbons (Fsp3) is 0.583. The molecule has 2 heterocycles. The third-order valence-electron chi connectivity index (χ3n) is 3.01. The minimum absolute atomic E-state index is 0.241. The zero-order chi connectivity index (χ0) is 14.4. The second-order valence-electron chi connectivity index (χ2n) is 4.53. The Kier molecular flexibility index (Phi) is 5.08. The Balaban J connectivity index is 1.73. The molecule has 0 bridgehead atoms. The van der Waals surface area contributed by atoms with Crippen molar-refractivity contribution >= 4 is 11.9 Å².